The summed E-state index contributed by atoms with van der Waals surface area (Å²) in [6, 6.07) is 11.6. The lowest BCUT2D eigenvalue weighted by Gasteiger charge is -2.17. The van der Waals surface area contributed by atoms with Crippen LogP contribution in [-0.2, 0) is 27.2 Å². The van der Waals surface area contributed by atoms with E-state index in [4.69, 9.17) is 4.74 Å². The molecule has 1 amide bonds. The van der Waals surface area contributed by atoms with E-state index in [2.05, 4.69) is 5.32 Å². The van der Waals surface area contributed by atoms with Crippen LogP contribution in [0, 0.1) is 13.8 Å². The fourth-order valence-electron chi connectivity index (χ4n) is 3.81. The molecule has 0 radical (unpaired) electrons. The molecule has 0 aliphatic heterocycles. The first kappa shape index (κ1) is 21.8. The molecule has 0 saturated carbocycles. The Bertz CT molecular complexity index is 943. The molecule has 0 unspecified atom stereocenters. The molecule has 2 aromatic rings. The van der Waals surface area contributed by atoms with Crippen LogP contribution in [0.3, 0.4) is 0 Å². The number of ether oxygens (including phenoxy) is 1. The Morgan fingerprint density at radius 1 is 0.967 bits per heavy atom. The lowest BCUT2D eigenvalue weighted by Crippen LogP contribution is -2.30. The highest BCUT2D eigenvalue weighted by molar-refractivity contribution is 5.99. The first-order chi connectivity index (χ1) is 14.3. The average molecular weight is 408 g/mol. The molecule has 5 heteroatoms. The number of esters is 1. The summed E-state index contributed by atoms with van der Waals surface area (Å²) < 4.78 is 5.24. The third-order valence-corrected chi connectivity index (χ3v) is 5.63. The summed E-state index contributed by atoms with van der Waals surface area (Å²) in [7, 11) is 0. The van der Waals surface area contributed by atoms with Crippen molar-refractivity contribution in [2.24, 2.45) is 0 Å². The van der Waals surface area contributed by atoms with E-state index in [0.29, 0.717) is 5.56 Å². The number of carbonyl (C=O) groups is 3. The van der Waals surface area contributed by atoms with Crippen molar-refractivity contribution in [2.45, 2.75) is 65.4 Å². The lowest BCUT2D eigenvalue weighted by molar-refractivity contribution is -0.153. The monoisotopic (exact) mass is 407 g/mol. The minimum absolute atomic E-state index is 0.0447. The van der Waals surface area contributed by atoms with Gasteiger partial charge in [-0.25, -0.2) is 0 Å². The van der Waals surface area contributed by atoms with Crippen molar-refractivity contribution in [2.75, 3.05) is 5.32 Å². The number of hydrogen-bond acceptors (Lipinski definition) is 4. The zero-order valence-corrected chi connectivity index (χ0v) is 17.9. The number of nitrogens with one attached hydrogen (secondary N) is 1. The number of fused-ring (bicyclic) bond motifs is 1. The number of aryl methyl sites for hydroxylation is 4. The van der Waals surface area contributed by atoms with Crippen molar-refractivity contribution in [3.05, 3.63) is 64.2 Å². The molecular weight excluding hydrogens is 378 g/mol. The second kappa shape index (κ2) is 9.70. The van der Waals surface area contributed by atoms with Gasteiger partial charge < -0.3 is 10.1 Å². The van der Waals surface area contributed by atoms with Crippen molar-refractivity contribution in [1.82, 2.24) is 0 Å². The van der Waals surface area contributed by atoms with Gasteiger partial charge in [0.05, 0.1) is 6.42 Å². The molecule has 0 spiro atoms. The molecule has 0 aromatic heterocycles. The molecule has 5 nitrogen and oxygen atoms in total. The Labute approximate surface area is 177 Å². The van der Waals surface area contributed by atoms with Gasteiger partial charge in [-0.3, -0.25) is 14.4 Å². The predicted molar refractivity (Wildman–Crippen MR) is 117 cm³/mol. The molecule has 0 saturated heterocycles. The van der Waals surface area contributed by atoms with E-state index in [0.717, 1.165) is 36.1 Å². The van der Waals surface area contributed by atoms with Gasteiger partial charge in [0, 0.05) is 17.7 Å². The number of carbonyl (C=O) groups excluding carboxylic acids is 3. The van der Waals surface area contributed by atoms with Crippen molar-refractivity contribution in [1.29, 1.82) is 0 Å². The van der Waals surface area contributed by atoms with Gasteiger partial charge in [0.1, 0.15) is 0 Å². The van der Waals surface area contributed by atoms with Gasteiger partial charge >= 0.3 is 5.97 Å². The van der Waals surface area contributed by atoms with Crippen molar-refractivity contribution in [3.8, 4) is 0 Å². The largest absolute Gasteiger partial charge is 0.453 e. The van der Waals surface area contributed by atoms with E-state index >= 15 is 0 Å². The van der Waals surface area contributed by atoms with Gasteiger partial charge in [0.25, 0.3) is 5.91 Å². The van der Waals surface area contributed by atoms with Gasteiger partial charge in [-0.15, -0.1) is 0 Å². The van der Waals surface area contributed by atoms with Gasteiger partial charge in [-0.1, -0.05) is 30.3 Å². The van der Waals surface area contributed by atoms with Gasteiger partial charge in [-0.2, -0.15) is 0 Å². The summed E-state index contributed by atoms with van der Waals surface area (Å²) in [6.07, 6.45) is 3.51. The minimum atomic E-state index is -0.935. The van der Waals surface area contributed by atoms with Crippen LogP contribution in [0.2, 0.25) is 0 Å². The summed E-state index contributed by atoms with van der Waals surface area (Å²) in [5.41, 5.74) is 5.82. The number of Topliss-reactive ketones (excluding diaryl/α,β-unsaturated/α-hetero) is 1. The zero-order chi connectivity index (χ0) is 21.7. The van der Waals surface area contributed by atoms with Crippen LogP contribution in [0.1, 0.15) is 65.2 Å². The fourth-order valence-corrected chi connectivity index (χ4v) is 3.81. The summed E-state index contributed by atoms with van der Waals surface area (Å²) in [4.78, 5) is 37.0. The highest BCUT2D eigenvalue weighted by Gasteiger charge is 2.20. The maximum absolute atomic E-state index is 12.5. The molecule has 158 valence electrons. The van der Waals surface area contributed by atoms with Gasteiger partial charge in [0.2, 0.25) is 0 Å². The Hall–Kier alpha value is -2.95. The third-order valence-electron chi connectivity index (χ3n) is 5.63. The average Bonchev–Trinajstić information content (AvgIpc) is 2.74. The number of benzene rings is 2. The van der Waals surface area contributed by atoms with E-state index in [1.165, 1.54) is 24.5 Å². The quantitative estimate of drug-likeness (QED) is 0.533. The highest BCUT2D eigenvalue weighted by atomic mass is 16.5. The van der Waals surface area contributed by atoms with Crippen LogP contribution in [0.4, 0.5) is 5.69 Å². The SMILES string of the molecule is Cc1cccc(C)c1NC(=O)[C@H](C)OC(=O)CCC(=O)c1ccc2c(c1)CCCC2. The maximum Gasteiger partial charge on any atom is 0.307 e. The number of amides is 1. The first-order valence-electron chi connectivity index (χ1n) is 10.6. The first-order valence-corrected chi connectivity index (χ1v) is 10.6. The van der Waals surface area contributed by atoms with Crippen LogP contribution >= 0.6 is 0 Å². The van der Waals surface area contributed by atoms with E-state index < -0.39 is 12.1 Å². The van der Waals surface area contributed by atoms with Crippen LogP contribution in [0.15, 0.2) is 36.4 Å². The smallest absolute Gasteiger partial charge is 0.307 e. The van der Waals surface area contributed by atoms with Crippen LogP contribution < -0.4 is 5.32 Å². The zero-order valence-electron chi connectivity index (χ0n) is 17.9. The highest BCUT2D eigenvalue weighted by Crippen LogP contribution is 2.23. The molecule has 1 aliphatic carbocycles. The van der Waals surface area contributed by atoms with E-state index in [1.807, 2.05) is 50.2 Å². The number of ketones is 1. The molecule has 0 bridgehead atoms. The summed E-state index contributed by atoms with van der Waals surface area (Å²) >= 11 is 0. The van der Waals surface area contributed by atoms with Crippen LogP contribution in [-0.4, -0.2) is 23.8 Å². The summed E-state index contributed by atoms with van der Waals surface area (Å²) in [6.45, 7) is 5.35. The molecule has 0 heterocycles. The van der Waals surface area contributed by atoms with Crippen molar-refractivity contribution < 1.29 is 19.1 Å². The Morgan fingerprint density at radius 2 is 1.63 bits per heavy atom. The number of para-hydroxylation sites is 1. The molecule has 0 fully saturated rings. The maximum atomic E-state index is 12.5. The Kier molecular flexibility index (Phi) is 7.03. The topological polar surface area (TPSA) is 72.5 Å². The van der Waals surface area contributed by atoms with Crippen molar-refractivity contribution >= 4 is 23.3 Å². The third kappa shape index (κ3) is 5.35. The number of hydrogen-bond donors (Lipinski definition) is 1. The second-order valence-electron chi connectivity index (χ2n) is 8.00. The minimum Gasteiger partial charge on any atom is -0.453 e. The molecule has 3 rings (SSSR count). The molecule has 2 aromatic carbocycles. The van der Waals surface area contributed by atoms with Crippen molar-refractivity contribution in [3.63, 3.8) is 0 Å². The van der Waals surface area contributed by atoms with E-state index in [-0.39, 0.29) is 24.5 Å². The standard InChI is InChI=1S/C25H29NO4/c1-16-7-6-8-17(2)24(16)26-25(29)18(3)30-23(28)14-13-22(27)21-12-11-19-9-4-5-10-20(19)15-21/h6-8,11-12,15,18H,4-5,9-10,13-14H2,1-3H3,(H,26,29)/t18-/m0/s1. The molecule has 1 aliphatic rings. The molecule has 30 heavy (non-hydrogen) atoms. The molecule has 1 atom stereocenters. The second-order valence-corrected chi connectivity index (χ2v) is 8.00. The van der Waals surface area contributed by atoms with Gasteiger partial charge in [-0.05, 0) is 74.8 Å². The summed E-state index contributed by atoms with van der Waals surface area (Å²) in [5.74, 6) is -1.01. The normalized spacial score (nSPS) is 13.8. The number of anilines is 1. The van der Waals surface area contributed by atoms with E-state index in [9.17, 15) is 14.4 Å². The Balaban J connectivity index is 1.50. The predicted octanol–water partition coefficient (Wildman–Crippen LogP) is 4.72. The molecule has 1 N–H and O–H groups in total. The lowest BCUT2D eigenvalue weighted by atomic mass is 9.89. The van der Waals surface area contributed by atoms with Crippen LogP contribution in [0.25, 0.3) is 0 Å². The van der Waals surface area contributed by atoms with Gasteiger partial charge in [0.15, 0.2) is 11.9 Å². The number of rotatable bonds is 7. The van der Waals surface area contributed by atoms with E-state index in [1.54, 1.807) is 0 Å². The summed E-state index contributed by atoms with van der Waals surface area (Å²) in [5, 5.41) is 2.82. The fraction of sp³-hybridized carbons (Fsp3) is 0.400. The van der Waals surface area contributed by atoms with Crippen LogP contribution in [0.5, 0.6) is 0 Å². The Morgan fingerprint density at radius 3 is 2.33 bits per heavy atom. The molecular formula is C25H29NO4.